The predicted octanol–water partition coefficient (Wildman–Crippen LogP) is 12.6. The number of hydrogen-bond acceptors (Lipinski definition) is 5. The van der Waals surface area contributed by atoms with Gasteiger partial charge in [-0.15, -0.1) is 0 Å². The van der Waals surface area contributed by atoms with Crippen LogP contribution in [0.5, 0.6) is 0 Å². The highest BCUT2D eigenvalue weighted by atomic mass is 16.6. The molecule has 0 saturated heterocycles. The summed E-state index contributed by atoms with van der Waals surface area (Å²) in [6, 6.07) is 0. The number of hydrogen-bond donors (Lipinski definition) is 1. The Morgan fingerprint density at radius 3 is 1.31 bits per heavy atom. The van der Waals surface area contributed by atoms with E-state index < -0.39 is 6.10 Å². The molecule has 0 aromatic rings. The van der Waals surface area contributed by atoms with E-state index in [1.54, 1.807) is 0 Å². The smallest absolute Gasteiger partial charge is 0.306 e. The van der Waals surface area contributed by atoms with Crippen molar-refractivity contribution in [3.05, 3.63) is 48.6 Å². The zero-order valence-electron chi connectivity index (χ0n) is 31.5. The van der Waals surface area contributed by atoms with E-state index in [1.165, 1.54) is 116 Å². The lowest BCUT2D eigenvalue weighted by Gasteiger charge is -2.15. The number of esters is 2. The zero-order chi connectivity index (χ0) is 35.0. The molecule has 0 rings (SSSR count). The lowest BCUT2D eigenvalue weighted by Crippen LogP contribution is -2.28. The molecule has 5 heteroatoms. The maximum atomic E-state index is 12.1. The van der Waals surface area contributed by atoms with Crippen LogP contribution in [0.25, 0.3) is 0 Å². The lowest BCUT2D eigenvalue weighted by atomic mass is 10.0. The van der Waals surface area contributed by atoms with Crippen LogP contribution in [0.4, 0.5) is 0 Å². The highest BCUT2D eigenvalue weighted by Crippen LogP contribution is 2.13. The molecule has 278 valence electrons. The van der Waals surface area contributed by atoms with Crippen molar-refractivity contribution in [2.45, 2.75) is 200 Å². The second-order valence-corrected chi connectivity index (χ2v) is 13.4. The van der Waals surface area contributed by atoms with Crippen molar-refractivity contribution < 1.29 is 24.2 Å². The van der Waals surface area contributed by atoms with Gasteiger partial charge in [0.2, 0.25) is 0 Å². The van der Waals surface area contributed by atoms with Gasteiger partial charge < -0.3 is 14.6 Å². The monoisotopic (exact) mass is 673 g/mol. The first-order valence-corrected chi connectivity index (χ1v) is 20.2. The molecule has 0 aromatic heterocycles. The molecule has 0 bridgehead atoms. The molecule has 0 fully saturated rings. The number of aliphatic hydroxyl groups excluding tert-OH is 1. The molecule has 5 nitrogen and oxygen atoms in total. The summed E-state index contributed by atoms with van der Waals surface area (Å²) in [6.45, 7) is 4.09. The van der Waals surface area contributed by atoms with E-state index in [2.05, 4.69) is 62.5 Å². The Kier molecular flexibility index (Phi) is 37.5. The van der Waals surface area contributed by atoms with Crippen molar-refractivity contribution in [2.24, 2.45) is 0 Å². The summed E-state index contributed by atoms with van der Waals surface area (Å²) in [5.41, 5.74) is 0. The molecule has 0 radical (unpaired) electrons. The number of carbonyl (C=O) groups excluding carboxylic acids is 2. The highest BCUT2D eigenvalue weighted by molar-refractivity contribution is 5.70. The number of ether oxygens (including phenoxy) is 2. The molecule has 0 heterocycles. The quantitative estimate of drug-likeness (QED) is 0.0407. The molecule has 0 saturated carbocycles. The third-order valence-corrected chi connectivity index (χ3v) is 8.63. The fourth-order valence-electron chi connectivity index (χ4n) is 5.55. The summed E-state index contributed by atoms with van der Waals surface area (Å²) in [5, 5.41) is 9.54. The van der Waals surface area contributed by atoms with Crippen LogP contribution in [0.3, 0.4) is 0 Å². The number of aliphatic hydroxyl groups is 1. The molecule has 1 atom stereocenters. The van der Waals surface area contributed by atoms with Crippen LogP contribution in [-0.4, -0.2) is 36.4 Å². The van der Waals surface area contributed by atoms with Gasteiger partial charge in [0.05, 0.1) is 6.61 Å². The standard InChI is InChI=1S/C43H76O5/c1-3-5-7-9-11-13-15-17-18-19-20-21-22-23-24-26-28-30-32-34-36-38-43(46)48-41(39-44)40-47-42(45)37-35-33-31-29-27-25-16-14-12-10-8-6-4-2/h18-19,21-22,24,26,30,32,41,44H,3-17,20,23,25,27-29,31,33-40H2,1-2H3/b19-18+,22-21+,26-24+,32-30+/t41-/m0/s1. The van der Waals surface area contributed by atoms with E-state index in [0.717, 1.165) is 44.9 Å². The SMILES string of the molecule is CCCCCCCCC/C=C/C/C=C/C/C=C/C/C=C/CCCC(=O)O[C@@H](CO)COC(=O)CCCCCCCCCCCCCCC. The number of rotatable bonds is 36. The Labute approximate surface area is 297 Å². The molecule has 1 N–H and O–H groups in total. The Balaban J connectivity index is 3.66. The van der Waals surface area contributed by atoms with E-state index in [0.29, 0.717) is 12.8 Å². The molecule has 48 heavy (non-hydrogen) atoms. The van der Waals surface area contributed by atoms with Crippen LogP contribution in [0.2, 0.25) is 0 Å². The van der Waals surface area contributed by atoms with Crippen molar-refractivity contribution in [1.29, 1.82) is 0 Å². The van der Waals surface area contributed by atoms with Gasteiger partial charge in [0.1, 0.15) is 6.61 Å². The minimum atomic E-state index is -0.797. The molecule has 0 aliphatic rings. The first kappa shape index (κ1) is 45.9. The normalized spacial score (nSPS) is 12.6. The molecule has 0 spiro atoms. The van der Waals surface area contributed by atoms with E-state index in [-0.39, 0.29) is 31.6 Å². The second-order valence-electron chi connectivity index (χ2n) is 13.4. The summed E-state index contributed by atoms with van der Waals surface area (Å²) in [5.74, 6) is -0.654. The Morgan fingerprint density at radius 1 is 0.479 bits per heavy atom. The largest absolute Gasteiger partial charge is 0.462 e. The van der Waals surface area contributed by atoms with Crippen LogP contribution in [0.1, 0.15) is 194 Å². The topological polar surface area (TPSA) is 72.8 Å². The third kappa shape index (κ3) is 36.7. The molecular formula is C43H76O5. The summed E-state index contributed by atoms with van der Waals surface area (Å²) in [6.07, 6.45) is 48.9. The molecule has 0 aromatic carbocycles. The van der Waals surface area contributed by atoms with Gasteiger partial charge in [-0.05, 0) is 51.4 Å². The van der Waals surface area contributed by atoms with Crippen molar-refractivity contribution in [2.75, 3.05) is 13.2 Å². The second kappa shape index (κ2) is 39.3. The van der Waals surface area contributed by atoms with Gasteiger partial charge in [-0.1, -0.05) is 178 Å². The van der Waals surface area contributed by atoms with Crippen LogP contribution in [0, 0.1) is 0 Å². The van der Waals surface area contributed by atoms with E-state index in [1.807, 2.05) is 0 Å². The molecule has 0 aliphatic heterocycles. The van der Waals surface area contributed by atoms with Crippen molar-refractivity contribution in [3.63, 3.8) is 0 Å². The van der Waals surface area contributed by atoms with E-state index in [9.17, 15) is 14.7 Å². The van der Waals surface area contributed by atoms with Crippen molar-refractivity contribution in [3.8, 4) is 0 Å². The van der Waals surface area contributed by atoms with Crippen molar-refractivity contribution >= 4 is 11.9 Å². The molecular weight excluding hydrogens is 596 g/mol. The Hall–Kier alpha value is -2.14. The van der Waals surface area contributed by atoms with E-state index >= 15 is 0 Å². The van der Waals surface area contributed by atoms with Gasteiger partial charge in [-0.3, -0.25) is 9.59 Å². The summed E-state index contributed by atoms with van der Waals surface area (Å²) in [7, 11) is 0. The first-order valence-electron chi connectivity index (χ1n) is 20.2. The zero-order valence-corrected chi connectivity index (χ0v) is 31.5. The summed E-state index contributed by atoms with van der Waals surface area (Å²) < 4.78 is 10.6. The third-order valence-electron chi connectivity index (χ3n) is 8.63. The number of unbranched alkanes of at least 4 members (excludes halogenated alkanes) is 20. The van der Waals surface area contributed by atoms with Gasteiger partial charge in [0.25, 0.3) is 0 Å². The average molecular weight is 673 g/mol. The van der Waals surface area contributed by atoms with Crippen LogP contribution < -0.4 is 0 Å². The van der Waals surface area contributed by atoms with Crippen LogP contribution in [-0.2, 0) is 19.1 Å². The molecule has 0 amide bonds. The fraction of sp³-hybridized carbons (Fsp3) is 0.767. The van der Waals surface area contributed by atoms with Crippen molar-refractivity contribution in [1.82, 2.24) is 0 Å². The Bertz CT molecular complexity index is 812. The maximum absolute atomic E-state index is 12.1. The fourth-order valence-corrected chi connectivity index (χ4v) is 5.55. The maximum Gasteiger partial charge on any atom is 0.306 e. The number of carbonyl (C=O) groups is 2. The van der Waals surface area contributed by atoms with Gasteiger partial charge in [0.15, 0.2) is 6.10 Å². The van der Waals surface area contributed by atoms with Crippen LogP contribution >= 0.6 is 0 Å². The van der Waals surface area contributed by atoms with Crippen LogP contribution in [0.15, 0.2) is 48.6 Å². The first-order chi connectivity index (χ1) is 23.6. The highest BCUT2D eigenvalue weighted by Gasteiger charge is 2.15. The minimum absolute atomic E-state index is 0.0864. The average Bonchev–Trinajstić information content (AvgIpc) is 3.09. The van der Waals surface area contributed by atoms with Gasteiger partial charge >= 0.3 is 11.9 Å². The molecule has 0 aliphatic carbocycles. The van der Waals surface area contributed by atoms with Gasteiger partial charge in [-0.2, -0.15) is 0 Å². The molecule has 0 unspecified atom stereocenters. The Morgan fingerprint density at radius 2 is 0.854 bits per heavy atom. The predicted molar refractivity (Wildman–Crippen MR) is 205 cm³/mol. The minimum Gasteiger partial charge on any atom is -0.462 e. The lowest BCUT2D eigenvalue weighted by molar-refractivity contribution is -0.161. The summed E-state index contributed by atoms with van der Waals surface area (Å²) >= 11 is 0. The van der Waals surface area contributed by atoms with Gasteiger partial charge in [-0.25, -0.2) is 0 Å². The number of allylic oxidation sites excluding steroid dienone is 8. The van der Waals surface area contributed by atoms with E-state index in [4.69, 9.17) is 9.47 Å². The van der Waals surface area contributed by atoms with Gasteiger partial charge in [0, 0.05) is 12.8 Å². The summed E-state index contributed by atoms with van der Waals surface area (Å²) in [4.78, 5) is 24.2.